The molecule has 152 valence electrons. The van der Waals surface area contributed by atoms with Crippen molar-refractivity contribution in [1.82, 2.24) is 14.8 Å². The summed E-state index contributed by atoms with van der Waals surface area (Å²) in [6, 6.07) is 12.9. The number of carbonyl (C=O) groups is 1. The Hall–Kier alpha value is -2.57. The molecule has 1 aromatic carbocycles. The van der Waals surface area contributed by atoms with E-state index in [9.17, 15) is 4.79 Å². The zero-order valence-corrected chi connectivity index (χ0v) is 16.9. The van der Waals surface area contributed by atoms with Gasteiger partial charge in [-0.3, -0.25) is 9.69 Å². The lowest BCUT2D eigenvalue weighted by atomic mass is 9.76. The van der Waals surface area contributed by atoms with Crippen LogP contribution in [0.25, 0.3) is 10.9 Å². The van der Waals surface area contributed by atoms with Gasteiger partial charge in [0.05, 0.1) is 18.9 Å². The number of likely N-dealkylation sites (N-methyl/N-ethyl adjacent to an activating group) is 1. The molecule has 1 saturated heterocycles. The van der Waals surface area contributed by atoms with Crippen molar-refractivity contribution < 1.29 is 13.9 Å². The van der Waals surface area contributed by atoms with E-state index in [1.165, 1.54) is 16.6 Å². The monoisotopic (exact) mass is 393 g/mol. The van der Waals surface area contributed by atoms with Gasteiger partial charge in [-0.1, -0.05) is 18.2 Å². The minimum absolute atomic E-state index is 0.0277. The van der Waals surface area contributed by atoms with Crippen LogP contribution in [0.15, 0.2) is 47.1 Å². The Labute approximate surface area is 170 Å². The van der Waals surface area contributed by atoms with Crippen molar-refractivity contribution in [2.24, 2.45) is 0 Å². The van der Waals surface area contributed by atoms with E-state index >= 15 is 0 Å². The van der Waals surface area contributed by atoms with Crippen LogP contribution >= 0.6 is 0 Å². The number of methoxy groups -OCH3 is 1. The van der Waals surface area contributed by atoms with E-state index in [2.05, 4.69) is 39.0 Å². The molecule has 0 saturated carbocycles. The number of furan rings is 1. The number of benzene rings is 1. The fourth-order valence-electron chi connectivity index (χ4n) is 5.30. The minimum atomic E-state index is 0.0277. The lowest BCUT2D eigenvalue weighted by molar-refractivity contribution is -0.121. The second kappa shape index (κ2) is 7.35. The van der Waals surface area contributed by atoms with E-state index in [1.807, 2.05) is 12.1 Å². The zero-order chi connectivity index (χ0) is 20.0. The second-order valence-electron chi connectivity index (χ2n) is 8.12. The maximum Gasteiger partial charge on any atom is 0.239 e. The van der Waals surface area contributed by atoms with Gasteiger partial charge in [0, 0.05) is 49.3 Å². The summed E-state index contributed by atoms with van der Waals surface area (Å²) in [5.74, 6) is 1.31. The molecule has 5 rings (SSSR count). The van der Waals surface area contributed by atoms with Gasteiger partial charge in [-0.25, -0.2) is 0 Å². The van der Waals surface area contributed by atoms with E-state index in [0.29, 0.717) is 18.5 Å². The molecule has 2 aromatic heterocycles. The summed E-state index contributed by atoms with van der Waals surface area (Å²) >= 11 is 0. The number of piperidine rings is 1. The first kappa shape index (κ1) is 18.5. The lowest BCUT2D eigenvalue weighted by Crippen LogP contribution is -2.52. The summed E-state index contributed by atoms with van der Waals surface area (Å²) in [4.78, 5) is 14.8. The number of nitrogens with zero attached hydrogens (tertiary/aromatic N) is 2. The van der Waals surface area contributed by atoms with Crippen LogP contribution in [0.4, 0.5) is 0 Å². The Morgan fingerprint density at radius 2 is 2.14 bits per heavy atom. The van der Waals surface area contributed by atoms with Gasteiger partial charge in [-0.2, -0.15) is 0 Å². The average molecular weight is 393 g/mol. The topological polar surface area (TPSA) is 59.6 Å². The third-order valence-electron chi connectivity index (χ3n) is 6.64. The van der Waals surface area contributed by atoms with Gasteiger partial charge in [0.2, 0.25) is 5.91 Å². The Kier molecular flexibility index (Phi) is 4.68. The highest BCUT2D eigenvalue weighted by Crippen LogP contribution is 2.45. The fraction of sp³-hybridized carbons (Fsp3) is 0.435. The van der Waals surface area contributed by atoms with Gasteiger partial charge in [0.25, 0.3) is 0 Å². The van der Waals surface area contributed by atoms with E-state index in [0.717, 1.165) is 37.2 Å². The van der Waals surface area contributed by atoms with Crippen molar-refractivity contribution in [3.63, 3.8) is 0 Å². The van der Waals surface area contributed by atoms with E-state index in [1.54, 1.807) is 20.4 Å². The molecule has 1 fully saturated rings. The Balaban J connectivity index is 1.59. The van der Waals surface area contributed by atoms with Crippen molar-refractivity contribution in [3.8, 4) is 0 Å². The van der Waals surface area contributed by atoms with Crippen LogP contribution in [-0.2, 0) is 29.0 Å². The molecule has 1 aliphatic heterocycles. The number of hydrogen-bond donors (Lipinski definition) is 1. The number of rotatable bonds is 5. The van der Waals surface area contributed by atoms with Gasteiger partial charge < -0.3 is 19.0 Å². The quantitative estimate of drug-likeness (QED) is 0.724. The molecule has 29 heavy (non-hydrogen) atoms. The number of hydrogen-bond acceptors (Lipinski definition) is 4. The van der Waals surface area contributed by atoms with Gasteiger partial charge in [0.1, 0.15) is 12.3 Å². The highest BCUT2D eigenvalue weighted by molar-refractivity contribution is 5.88. The predicted octanol–water partition coefficient (Wildman–Crippen LogP) is 2.91. The first-order chi connectivity index (χ1) is 14.2. The van der Waals surface area contributed by atoms with Gasteiger partial charge in [-0.05, 0) is 36.6 Å². The first-order valence-corrected chi connectivity index (χ1v) is 10.3. The molecule has 2 aliphatic rings. The largest absolute Gasteiger partial charge is 0.468 e. The average Bonchev–Trinajstić information content (AvgIpc) is 3.37. The highest BCUT2D eigenvalue weighted by Gasteiger charge is 2.44. The molecule has 3 aromatic rings. The number of amides is 1. The maximum atomic E-state index is 12.3. The molecule has 1 amide bonds. The molecule has 3 heterocycles. The molecule has 1 N–H and O–H groups in total. The van der Waals surface area contributed by atoms with Gasteiger partial charge in [-0.15, -0.1) is 0 Å². The predicted molar refractivity (Wildman–Crippen MR) is 111 cm³/mol. The molecule has 0 spiro atoms. The number of nitrogens with one attached hydrogen (secondary N) is 1. The summed E-state index contributed by atoms with van der Waals surface area (Å²) < 4.78 is 13.8. The maximum absolute atomic E-state index is 12.3. The van der Waals surface area contributed by atoms with Crippen LogP contribution in [0.5, 0.6) is 0 Å². The van der Waals surface area contributed by atoms with Crippen LogP contribution in [-0.4, -0.2) is 48.2 Å². The van der Waals surface area contributed by atoms with Gasteiger partial charge >= 0.3 is 0 Å². The minimum Gasteiger partial charge on any atom is -0.468 e. The van der Waals surface area contributed by atoms with E-state index < -0.39 is 0 Å². The van der Waals surface area contributed by atoms with Crippen LogP contribution < -0.4 is 5.32 Å². The summed E-state index contributed by atoms with van der Waals surface area (Å²) in [5, 5.41) is 4.04. The standard InChI is InChI=1S/C23H27N3O3/c1-24-22(27)14-26-20-8-4-3-7-17(20)18-10-15-11-19(23(18)26)21(28-2)13-25(15)12-16-6-5-9-29-16/h3-9,15,19,21H,10-14H2,1-2H3,(H,24,27)/t15-,19+,21-/m0/s1. The van der Waals surface area contributed by atoms with Crippen molar-refractivity contribution >= 4 is 16.8 Å². The first-order valence-electron chi connectivity index (χ1n) is 10.3. The molecular formula is C23H27N3O3. The van der Waals surface area contributed by atoms with Crippen molar-refractivity contribution in [2.45, 2.75) is 44.0 Å². The number of fused-ring (bicyclic) bond motifs is 6. The molecule has 6 nitrogen and oxygen atoms in total. The summed E-state index contributed by atoms with van der Waals surface area (Å²) in [7, 11) is 3.50. The molecule has 0 unspecified atom stereocenters. The molecule has 6 heteroatoms. The third kappa shape index (κ3) is 3.07. The lowest BCUT2D eigenvalue weighted by Gasteiger charge is -2.47. The van der Waals surface area contributed by atoms with Crippen LogP contribution in [0, 0.1) is 0 Å². The summed E-state index contributed by atoms with van der Waals surface area (Å²) in [6.07, 6.45) is 3.86. The second-order valence-corrected chi connectivity index (χ2v) is 8.12. The highest BCUT2D eigenvalue weighted by atomic mass is 16.5. The molecule has 3 atom stereocenters. The van der Waals surface area contributed by atoms with Crippen molar-refractivity contribution in [3.05, 3.63) is 59.7 Å². The van der Waals surface area contributed by atoms with Crippen LogP contribution in [0.3, 0.4) is 0 Å². The molecule has 1 aliphatic carbocycles. The van der Waals surface area contributed by atoms with Crippen LogP contribution in [0.1, 0.15) is 29.4 Å². The Morgan fingerprint density at radius 3 is 2.90 bits per heavy atom. The summed E-state index contributed by atoms with van der Waals surface area (Å²) in [6.45, 7) is 2.02. The zero-order valence-electron chi connectivity index (χ0n) is 16.9. The van der Waals surface area contributed by atoms with Crippen molar-refractivity contribution in [1.29, 1.82) is 0 Å². The van der Waals surface area contributed by atoms with E-state index in [4.69, 9.17) is 9.15 Å². The molecule has 2 bridgehead atoms. The summed E-state index contributed by atoms with van der Waals surface area (Å²) in [5.41, 5.74) is 3.80. The Morgan fingerprint density at radius 1 is 1.28 bits per heavy atom. The molecule has 0 radical (unpaired) electrons. The van der Waals surface area contributed by atoms with Crippen LogP contribution in [0.2, 0.25) is 0 Å². The van der Waals surface area contributed by atoms with E-state index in [-0.39, 0.29) is 12.0 Å². The number of ether oxygens (including phenoxy) is 1. The normalized spacial score (nSPS) is 23.9. The van der Waals surface area contributed by atoms with Crippen molar-refractivity contribution in [2.75, 3.05) is 20.7 Å². The third-order valence-corrected chi connectivity index (χ3v) is 6.64. The fourth-order valence-corrected chi connectivity index (χ4v) is 5.30. The SMILES string of the molecule is CNC(=O)Cn1c2c(c3ccccc31)C[C@H]1C[C@@H]2[C@@H](OC)CN1Cc1ccco1. The number of likely N-dealkylation sites (tertiary alicyclic amines) is 1. The molecular weight excluding hydrogens is 366 g/mol. The van der Waals surface area contributed by atoms with Gasteiger partial charge in [0.15, 0.2) is 0 Å². The Bertz CT molecular complexity index is 1020. The number of carbonyl (C=O) groups excluding carboxylic acids is 1. The number of aromatic nitrogens is 1. The number of para-hydroxylation sites is 1. The smallest absolute Gasteiger partial charge is 0.239 e.